The van der Waals surface area contributed by atoms with E-state index in [-0.39, 0.29) is 5.97 Å². The van der Waals surface area contributed by atoms with Gasteiger partial charge >= 0.3 is 5.97 Å². The van der Waals surface area contributed by atoms with Crippen molar-refractivity contribution in [2.45, 2.75) is 59.5 Å². The second kappa shape index (κ2) is 8.05. The summed E-state index contributed by atoms with van der Waals surface area (Å²) in [6.45, 7) is 13.5. The molecule has 0 aliphatic carbocycles. The van der Waals surface area contributed by atoms with Gasteiger partial charge in [-0.25, -0.2) is 4.79 Å². The Labute approximate surface area is 123 Å². The van der Waals surface area contributed by atoms with Gasteiger partial charge in [0.25, 0.3) is 0 Å². The van der Waals surface area contributed by atoms with Gasteiger partial charge in [-0.05, 0) is 56.5 Å². The summed E-state index contributed by atoms with van der Waals surface area (Å²) in [4.78, 5) is 12.8. The molecule has 0 aliphatic heterocycles. The molecule has 0 N–H and O–H groups in total. The van der Waals surface area contributed by atoms with E-state index in [2.05, 4.69) is 29.4 Å². The quantitative estimate of drug-likeness (QED) is 0.481. The smallest absolute Gasteiger partial charge is 0.345 e. The number of carbonyl (C=O) groups excluding carboxylic acids is 1. The Hall–Kier alpha value is -0.220. The van der Waals surface area contributed by atoms with Crippen molar-refractivity contribution in [3.63, 3.8) is 0 Å². The molecule has 0 unspecified atom stereocenters. The molecule has 0 rings (SSSR count). The van der Waals surface area contributed by atoms with Gasteiger partial charge in [-0.15, -0.1) is 0 Å². The zero-order chi connectivity index (χ0) is 14.3. The standard InChI is InChI=1S/C14H23BrO2S/c1-7-8-9-10(2)12(18-11(3)15)13(16)17-14(4,5)6/h3,7-9H2,1-2,4-6H3/b12-10-. The summed E-state index contributed by atoms with van der Waals surface area (Å²) >= 11 is 4.62. The first-order valence-corrected chi connectivity index (χ1v) is 7.73. The highest BCUT2D eigenvalue weighted by molar-refractivity contribution is 9.14. The number of carbonyl (C=O) groups is 1. The second-order valence-corrected chi connectivity index (χ2v) is 7.76. The minimum atomic E-state index is -0.471. The lowest BCUT2D eigenvalue weighted by atomic mass is 10.1. The zero-order valence-electron chi connectivity index (χ0n) is 11.9. The van der Waals surface area contributed by atoms with Crippen LogP contribution >= 0.6 is 27.7 Å². The second-order valence-electron chi connectivity index (χ2n) is 5.17. The Bertz CT molecular complexity index is 340. The van der Waals surface area contributed by atoms with Gasteiger partial charge in [0.15, 0.2) is 0 Å². The van der Waals surface area contributed by atoms with Gasteiger partial charge in [-0.3, -0.25) is 0 Å². The highest BCUT2D eigenvalue weighted by atomic mass is 79.9. The van der Waals surface area contributed by atoms with Crippen LogP contribution in [-0.2, 0) is 9.53 Å². The first kappa shape index (κ1) is 17.8. The fourth-order valence-corrected chi connectivity index (χ4v) is 2.40. The lowest BCUT2D eigenvalue weighted by Crippen LogP contribution is -2.24. The number of halogens is 1. The Morgan fingerprint density at radius 3 is 2.33 bits per heavy atom. The first-order valence-electron chi connectivity index (χ1n) is 6.12. The molecule has 0 aromatic rings. The number of hydrogen-bond acceptors (Lipinski definition) is 3. The van der Waals surface area contributed by atoms with E-state index in [9.17, 15) is 4.79 Å². The molecule has 18 heavy (non-hydrogen) atoms. The van der Waals surface area contributed by atoms with Gasteiger partial charge in [-0.2, -0.15) is 0 Å². The predicted octanol–water partition coefficient (Wildman–Crippen LogP) is 5.39. The van der Waals surface area contributed by atoms with Gasteiger partial charge in [0.1, 0.15) is 5.60 Å². The minimum Gasteiger partial charge on any atom is -0.456 e. The third-order valence-electron chi connectivity index (χ3n) is 2.09. The van der Waals surface area contributed by atoms with Gasteiger partial charge in [0.2, 0.25) is 0 Å². The van der Waals surface area contributed by atoms with E-state index in [0.29, 0.717) is 4.91 Å². The van der Waals surface area contributed by atoms with Crippen molar-refractivity contribution in [2.75, 3.05) is 0 Å². The molecule has 0 saturated heterocycles. The molecule has 0 heterocycles. The van der Waals surface area contributed by atoms with Crippen molar-refractivity contribution >= 4 is 33.7 Å². The maximum Gasteiger partial charge on any atom is 0.345 e. The number of allylic oxidation sites excluding steroid dienone is 1. The summed E-state index contributed by atoms with van der Waals surface area (Å²) in [5, 5.41) is 0. The van der Waals surface area contributed by atoms with Gasteiger partial charge in [0, 0.05) is 3.81 Å². The Balaban J connectivity index is 4.98. The van der Waals surface area contributed by atoms with Crippen LogP contribution in [-0.4, -0.2) is 11.6 Å². The summed E-state index contributed by atoms with van der Waals surface area (Å²) < 4.78 is 6.14. The van der Waals surface area contributed by atoms with E-state index in [4.69, 9.17) is 4.74 Å². The fourth-order valence-electron chi connectivity index (χ4n) is 1.29. The molecule has 4 heteroatoms. The van der Waals surface area contributed by atoms with Crippen LogP contribution in [0, 0.1) is 0 Å². The van der Waals surface area contributed by atoms with Crippen LogP contribution in [0.25, 0.3) is 0 Å². The normalized spacial score (nSPS) is 13.0. The lowest BCUT2D eigenvalue weighted by molar-refractivity contribution is -0.148. The number of unbranched alkanes of at least 4 members (excludes halogenated alkanes) is 1. The zero-order valence-corrected chi connectivity index (χ0v) is 14.3. The third-order valence-corrected chi connectivity index (χ3v) is 3.52. The molecule has 0 bridgehead atoms. The first-order chi connectivity index (χ1) is 8.17. The van der Waals surface area contributed by atoms with Gasteiger partial charge in [0.05, 0.1) is 4.91 Å². The summed E-state index contributed by atoms with van der Waals surface area (Å²) in [6.07, 6.45) is 3.10. The molecule has 0 radical (unpaired) electrons. The van der Waals surface area contributed by atoms with Crippen LogP contribution in [0.15, 0.2) is 20.9 Å². The molecular weight excluding hydrogens is 312 g/mol. The van der Waals surface area contributed by atoms with Crippen LogP contribution in [0.2, 0.25) is 0 Å². The van der Waals surface area contributed by atoms with E-state index < -0.39 is 5.60 Å². The molecule has 2 nitrogen and oxygen atoms in total. The van der Waals surface area contributed by atoms with Crippen LogP contribution in [0.3, 0.4) is 0 Å². The lowest BCUT2D eigenvalue weighted by Gasteiger charge is -2.21. The van der Waals surface area contributed by atoms with E-state index in [1.807, 2.05) is 27.7 Å². The maximum absolute atomic E-state index is 12.1. The molecule has 0 aromatic heterocycles. The van der Waals surface area contributed by atoms with Crippen molar-refractivity contribution in [1.82, 2.24) is 0 Å². The third kappa shape index (κ3) is 7.98. The maximum atomic E-state index is 12.1. The SMILES string of the molecule is C=C(Br)S/C(C(=O)OC(C)(C)C)=C(/C)CCCC. The predicted molar refractivity (Wildman–Crippen MR) is 83.7 cm³/mol. The Morgan fingerprint density at radius 2 is 1.94 bits per heavy atom. The number of ether oxygens (including phenoxy) is 1. The highest BCUT2D eigenvalue weighted by Gasteiger charge is 2.22. The topological polar surface area (TPSA) is 26.3 Å². The summed E-state index contributed by atoms with van der Waals surface area (Å²) in [5.41, 5.74) is 0.596. The Kier molecular flexibility index (Phi) is 7.95. The molecule has 0 saturated carbocycles. The van der Waals surface area contributed by atoms with Crippen molar-refractivity contribution in [2.24, 2.45) is 0 Å². The molecule has 0 aliphatic rings. The van der Waals surface area contributed by atoms with Gasteiger partial charge < -0.3 is 4.74 Å². The highest BCUT2D eigenvalue weighted by Crippen LogP contribution is 2.33. The molecule has 0 amide bonds. The van der Waals surface area contributed by atoms with Crippen molar-refractivity contribution in [3.05, 3.63) is 20.9 Å². The molecule has 104 valence electrons. The number of hydrogen-bond donors (Lipinski definition) is 0. The van der Waals surface area contributed by atoms with Crippen LogP contribution in [0.5, 0.6) is 0 Å². The fraction of sp³-hybridized carbons (Fsp3) is 0.643. The van der Waals surface area contributed by atoms with Crippen LogP contribution in [0.1, 0.15) is 53.9 Å². The minimum absolute atomic E-state index is 0.262. The number of esters is 1. The molecule has 0 spiro atoms. The van der Waals surface area contributed by atoms with Crippen molar-refractivity contribution in [3.8, 4) is 0 Å². The van der Waals surface area contributed by atoms with Crippen LogP contribution < -0.4 is 0 Å². The van der Waals surface area contributed by atoms with Crippen molar-refractivity contribution in [1.29, 1.82) is 0 Å². The van der Waals surface area contributed by atoms with E-state index in [0.717, 1.165) is 28.6 Å². The van der Waals surface area contributed by atoms with E-state index >= 15 is 0 Å². The summed E-state index contributed by atoms with van der Waals surface area (Å²) in [6, 6.07) is 0. The number of thioether (sulfide) groups is 1. The van der Waals surface area contributed by atoms with E-state index in [1.54, 1.807) is 0 Å². The molecule has 0 atom stereocenters. The Morgan fingerprint density at radius 1 is 1.39 bits per heavy atom. The number of rotatable bonds is 6. The van der Waals surface area contributed by atoms with E-state index in [1.165, 1.54) is 11.8 Å². The van der Waals surface area contributed by atoms with Crippen molar-refractivity contribution < 1.29 is 9.53 Å². The average molecular weight is 335 g/mol. The van der Waals surface area contributed by atoms with Crippen LogP contribution in [0.4, 0.5) is 0 Å². The monoisotopic (exact) mass is 334 g/mol. The van der Waals surface area contributed by atoms with Gasteiger partial charge in [-0.1, -0.05) is 37.3 Å². The largest absolute Gasteiger partial charge is 0.456 e. The average Bonchev–Trinajstić information content (AvgIpc) is 2.19. The molecule has 0 aromatic carbocycles. The summed E-state index contributed by atoms with van der Waals surface area (Å²) in [5.74, 6) is -0.262. The molecule has 0 fully saturated rings. The summed E-state index contributed by atoms with van der Waals surface area (Å²) in [7, 11) is 0. The molecular formula is C14H23BrO2S.